The number of hydrogen-bond donors (Lipinski definition) is 0. The van der Waals surface area contributed by atoms with E-state index in [9.17, 15) is 0 Å². The topological polar surface area (TPSA) is 47.5 Å². The van der Waals surface area contributed by atoms with Gasteiger partial charge in [0.15, 0.2) is 17.5 Å². The molecule has 0 aliphatic rings. The quantitative estimate of drug-likeness (QED) is 0.177. The summed E-state index contributed by atoms with van der Waals surface area (Å²) in [7, 11) is 0. The fraction of sp³-hybridized carbons (Fsp3) is 0. The molecule has 0 radical (unpaired) electrons. The van der Waals surface area contributed by atoms with Gasteiger partial charge in [-0.05, 0) is 41.1 Å². The average molecular weight is 662 g/mol. The number of benzene rings is 8. The van der Waals surface area contributed by atoms with Crippen LogP contribution in [-0.4, -0.2) is 23.8 Å². The van der Waals surface area contributed by atoms with E-state index >= 15 is 0 Å². The van der Waals surface area contributed by atoms with Crippen LogP contribution in [-0.2, 0) is 0 Å². The zero-order chi connectivity index (χ0) is 33.9. The highest BCUT2D eigenvalue weighted by Crippen LogP contribution is 2.45. The third-order valence-electron chi connectivity index (χ3n) is 10.9. The second kappa shape index (κ2) is 10.2. The van der Waals surface area contributed by atoms with Crippen molar-refractivity contribution in [2.45, 2.75) is 0 Å². The van der Waals surface area contributed by atoms with E-state index in [-0.39, 0.29) is 0 Å². The van der Waals surface area contributed by atoms with Gasteiger partial charge in [-0.3, -0.25) is 0 Å². The van der Waals surface area contributed by atoms with Crippen molar-refractivity contribution in [2.24, 2.45) is 0 Å². The second-order valence-electron chi connectivity index (χ2n) is 13.6. The lowest BCUT2D eigenvalue weighted by atomic mass is 9.95. The zero-order valence-corrected chi connectivity index (χ0v) is 27.8. The monoisotopic (exact) mass is 661 g/mol. The lowest BCUT2D eigenvalue weighted by Gasteiger charge is -2.16. The summed E-state index contributed by atoms with van der Waals surface area (Å²) in [6.07, 6.45) is 0. The van der Waals surface area contributed by atoms with Crippen LogP contribution < -0.4 is 0 Å². The van der Waals surface area contributed by atoms with Gasteiger partial charge in [0.1, 0.15) is 0 Å². The van der Waals surface area contributed by atoms with Crippen LogP contribution in [0.4, 0.5) is 0 Å². The summed E-state index contributed by atoms with van der Waals surface area (Å²) in [5, 5.41) is 9.66. The van der Waals surface area contributed by atoms with Crippen LogP contribution in [0.1, 0.15) is 0 Å². The minimum absolute atomic E-state index is 0.649. The Hall–Kier alpha value is -7.11. The molecule has 0 aliphatic heterocycles. The van der Waals surface area contributed by atoms with Crippen molar-refractivity contribution in [3.63, 3.8) is 0 Å². The first-order valence-corrected chi connectivity index (χ1v) is 17.6. The first kappa shape index (κ1) is 27.7. The van der Waals surface area contributed by atoms with Crippen LogP contribution in [0.3, 0.4) is 0 Å². The highest BCUT2D eigenvalue weighted by Gasteiger charge is 2.23. The van der Waals surface area contributed by atoms with Crippen molar-refractivity contribution in [1.82, 2.24) is 23.8 Å². The molecule has 0 amide bonds. The molecule has 5 heteroatoms. The van der Waals surface area contributed by atoms with Gasteiger partial charge < -0.3 is 8.80 Å². The van der Waals surface area contributed by atoms with Crippen molar-refractivity contribution in [1.29, 1.82) is 0 Å². The Balaban J connectivity index is 1.33. The molecule has 0 fully saturated rings. The smallest absolute Gasteiger partial charge is 0.164 e. The third kappa shape index (κ3) is 3.64. The molecule has 0 spiro atoms. The summed E-state index contributed by atoms with van der Waals surface area (Å²) >= 11 is 0. The minimum atomic E-state index is 0.649. The molecule has 4 heterocycles. The maximum absolute atomic E-state index is 5.19. The van der Waals surface area contributed by atoms with Gasteiger partial charge in [0.05, 0.1) is 33.1 Å². The van der Waals surface area contributed by atoms with Gasteiger partial charge in [0.2, 0.25) is 0 Å². The number of aromatic nitrogens is 5. The third-order valence-corrected chi connectivity index (χ3v) is 10.9. The lowest BCUT2D eigenvalue weighted by Crippen LogP contribution is -2.01. The summed E-state index contributed by atoms with van der Waals surface area (Å²) in [4.78, 5) is 15.4. The Morgan fingerprint density at radius 2 is 0.827 bits per heavy atom. The summed E-state index contributed by atoms with van der Waals surface area (Å²) in [6.45, 7) is 0. The first-order chi connectivity index (χ1) is 25.8. The zero-order valence-electron chi connectivity index (χ0n) is 27.8. The molecule has 8 aromatic carbocycles. The SMILES string of the molecule is c1ccc(-c2nc(-c3ccccc3)nc(-c3ccc4c5c3ccc3ccc6c7ccccc7n(c7cccc8c9ccccc9n4c87)c6c35)n2)cc1. The molecular weight excluding hydrogens is 635 g/mol. The fourth-order valence-corrected chi connectivity index (χ4v) is 8.68. The van der Waals surface area contributed by atoms with Gasteiger partial charge in [0.25, 0.3) is 0 Å². The van der Waals surface area contributed by atoms with Crippen molar-refractivity contribution >= 4 is 76.2 Å². The predicted molar refractivity (Wildman–Crippen MR) is 214 cm³/mol. The van der Waals surface area contributed by atoms with E-state index in [0.717, 1.165) is 27.6 Å². The summed E-state index contributed by atoms with van der Waals surface area (Å²) < 4.78 is 4.99. The molecule has 0 bridgehead atoms. The van der Waals surface area contributed by atoms with Gasteiger partial charge in [-0.2, -0.15) is 0 Å². The second-order valence-corrected chi connectivity index (χ2v) is 13.6. The molecule has 5 nitrogen and oxygen atoms in total. The number of hydrogen-bond acceptors (Lipinski definition) is 3. The van der Waals surface area contributed by atoms with Crippen LogP contribution in [0.25, 0.3) is 110 Å². The molecule has 240 valence electrons. The van der Waals surface area contributed by atoms with Crippen LogP contribution >= 0.6 is 0 Å². The van der Waals surface area contributed by atoms with Crippen molar-refractivity contribution < 1.29 is 0 Å². The van der Waals surface area contributed by atoms with Gasteiger partial charge in [0, 0.05) is 49.0 Å². The lowest BCUT2D eigenvalue weighted by molar-refractivity contribution is 1.08. The fourth-order valence-electron chi connectivity index (χ4n) is 8.68. The Labute approximate surface area is 297 Å². The molecule has 0 aliphatic carbocycles. The molecule has 0 unspecified atom stereocenters. The highest BCUT2D eigenvalue weighted by molar-refractivity contribution is 6.31. The van der Waals surface area contributed by atoms with Crippen LogP contribution in [0, 0.1) is 0 Å². The van der Waals surface area contributed by atoms with Crippen molar-refractivity contribution in [2.75, 3.05) is 0 Å². The Morgan fingerprint density at radius 3 is 1.50 bits per heavy atom. The minimum Gasteiger partial charge on any atom is -0.307 e. The molecule has 0 atom stereocenters. The van der Waals surface area contributed by atoms with E-state index in [0.29, 0.717) is 17.5 Å². The summed E-state index contributed by atoms with van der Waals surface area (Å²) in [5.74, 6) is 1.95. The van der Waals surface area contributed by atoms with Gasteiger partial charge in [-0.25, -0.2) is 15.0 Å². The van der Waals surface area contributed by atoms with E-state index in [4.69, 9.17) is 15.0 Å². The standard InChI is InChI=1S/C47H27N5/c1-3-12-29(13-4-1)45-48-46(30-14-5-2-6-15-30)50-47(49-45)36-26-27-39-42-33(36)24-22-28-23-25-35-32-17-8-10-20-38(32)52(44(35)41(28)42)40-21-11-18-34-31-16-7-9-19-37(31)51(39)43(34)40/h1-27H. The molecule has 0 N–H and O–H groups in total. The van der Waals surface area contributed by atoms with Gasteiger partial charge in [-0.1, -0.05) is 133 Å². The van der Waals surface area contributed by atoms with Crippen molar-refractivity contribution in [3.8, 4) is 34.2 Å². The van der Waals surface area contributed by atoms with E-state index in [2.05, 4.69) is 136 Å². The van der Waals surface area contributed by atoms with E-state index in [1.165, 1.54) is 65.3 Å². The molecule has 0 saturated carbocycles. The van der Waals surface area contributed by atoms with Crippen molar-refractivity contribution in [3.05, 3.63) is 164 Å². The number of rotatable bonds is 3. The highest BCUT2D eigenvalue weighted by atomic mass is 15.0. The number of para-hydroxylation sites is 3. The summed E-state index contributed by atoms with van der Waals surface area (Å²) in [5.41, 5.74) is 10.00. The number of nitrogens with zero attached hydrogens (tertiary/aromatic N) is 5. The Kier molecular flexibility index (Phi) is 5.44. The van der Waals surface area contributed by atoms with Crippen LogP contribution in [0.15, 0.2) is 164 Å². The molecule has 12 rings (SSSR count). The van der Waals surface area contributed by atoms with Gasteiger partial charge >= 0.3 is 0 Å². The predicted octanol–water partition coefficient (Wildman–Crippen LogP) is 11.7. The van der Waals surface area contributed by atoms with E-state index in [1.54, 1.807) is 0 Å². The Morgan fingerprint density at radius 1 is 0.308 bits per heavy atom. The maximum atomic E-state index is 5.19. The average Bonchev–Trinajstić information content (AvgIpc) is 3.73. The van der Waals surface area contributed by atoms with Gasteiger partial charge in [-0.15, -0.1) is 0 Å². The summed E-state index contributed by atoms with van der Waals surface area (Å²) in [6, 6.07) is 58.3. The van der Waals surface area contributed by atoms with E-state index in [1.807, 2.05) is 36.4 Å². The largest absolute Gasteiger partial charge is 0.307 e. The number of fused-ring (bicyclic) bond motifs is 8. The molecule has 12 aromatic rings. The molecular formula is C47H27N5. The molecule has 4 aromatic heterocycles. The van der Waals surface area contributed by atoms with Crippen LogP contribution in [0.2, 0.25) is 0 Å². The maximum Gasteiger partial charge on any atom is 0.164 e. The molecule has 52 heavy (non-hydrogen) atoms. The Bertz CT molecular complexity index is 3340. The normalized spacial score (nSPS) is 12.2. The van der Waals surface area contributed by atoms with E-state index < -0.39 is 0 Å². The van der Waals surface area contributed by atoms with Crippen LogP contribution in [0.5, 0.6) is 0 Å². The molecule has 0 saturated heterocycles. The first-order valence-electron chi connectivity index (χ1n) is 17.6.